The fourth-order valence-electron chi connectivity index (χ4n) is 1.88. The van der Waals surface area contributed by atoms with Gasteiger partial charge in [0.1, 0.15) is 0 Å². The van der Waals surface area contributed by atoms with E-state index in [0.717, 1.165) is 24.3 Å². The number of anilines is 2. The minimum atomic E-state index is -0.191. The van der Waals surface area contributed by atoms with Crippen molar-refractivity contribution in [3.05, 3.63) is 52.8 Å². The average molecular weight is 304 g/mol. The van der Waals surface area contributed by atoms with Gasteiger partial charge in [-0.3, -0.25) is 9.78 Å². The number of carbonyl (C=O) groups is 1. The summed E-state index contributed by atoms with van der Waals surface area (Å²) in [6.07, 6.45) is 2.58. The summed E-state index contributed by atoms with van der Waals surface area (Å²) >= 11 is 5.83. The van der Waals surface area contributed by atoms with Gasteiger partial charge in [0.2, 0.25) is 0 Å². The van der Waals surface area contributed by atoms with E-state index in [2.05, 4.69) is 22.5 Å². The van der Waals surface area contributed by atoms with Crippen molar-refractivity contribution in [2.75, 3.05) is 17.2 Å². The first-order valence-electron chi connectivity index (χ1n) is 6.87. The Hall–Kier alpha value is -2.07. The third-order valence-corrected chi connectivity index (χ3v) is 3.20. The zero-order valence-electron chi connectivity index (χ0n) is 12.1. The van der Waals surface area contributed by atoms with Gasteiger partial charge in [0.25, 0.3) is 5.91 Å². The van der Waals surface area contributed by atoms with Gasteiger partial charge in [0.15, 0.2) is 0 Å². The highest BCUT2D eigenvalue weighted by atomic mass is 35.5. The molecule has 0 bridgehead atoms. The van der Waals surface area contributed by atoms with Crippen LogP contribution in [0.2, 0.25) is 5.02 Å². The minimum Gasteiger partial charge on any atom is -0.384 e. The zero-order chi connectivity index (χ0) is 15.2. The van der Waals surface area contributed by atoms with Gasteiger partial charge in [-0.1, -0.05) is 18.5 Å². The lowest BCUT2D eigenvalue weighted by Gasteiger charge is -2.12. The number of pyridine rings is 1. The van der Waals surface area contributed by atoms with Gasteiger partial charge >= 0.3 is 0 Å². The number of halogens is 1. The van der Waals surface area contributed by atoms with Crippen LogP contribution in [0.25, 0.3) is 0 Å². The van der Waals surface area contributed by atoms with Gasteiger partial charge in [-0.15, -0.1) is 0 Å². The maximum atomic E-state index is 12.4. The number of amides is 1. The van der Waals surface area contributed by atoms with Crippen molar-refractivity contribution in [3.8, 4) is 0 Å². The number of hydrogen-bond donors (Lipinski definition) is 2. The smallest absolute Gasteiger partial charge is 0.259 e. The fourth-order valence-corrected chi connectivity index (χ4v) is 2.00. The Kier molecular flexibility index (Phi) is 5.17. The van der Waals surface area contributed by atoms with Gasteiger partial charge in [0.05, 0.1) is 11.3 Å². The summed E-state index contributed by atoms with van der Waals surface area (Å²) in [4.78, 5) is 16.6. The second-order valence-electron chi connectivity index (χ2n) is 4.76. The predicted molar refractivity (Wildman–Crippen MR) is 87.2 cm³/mol. The molecule has 2 aromatic rings. The van der Waals surface area contributed by atoms with E-state index in [9.17, 15) is 4.79 Å². The molecule has 1 aromatic carbocycles. The van der Waals surface area contributed by atoms with Crippen molar-refractivity contribution in [1.82, 2.24) is 4.98 Å². The van der Waals surface area contributed by atoms with Gasteiger partial charge in [-0.05, 0) is 43.7 Å². The number of aryl methyl sites for hydroxylation is 1. The van der Waals surface area contributed by atoms with Gasteiger partial charge in [0, 0.05) is 29.1 Å². The summed E-state index contributed by atoms with van der Waals surface area (Å²) in [5.41, 5.74) is 2.91. The Bertz CT molecular complexity index is 626. The molecule has 1 amide bonds. The largest absolute Gasteiger partial charge is 0.384 e. The monoisotopic (exact) mass is 303 g/mol. The first-order chi connectivity index (χ1) is 10.1. The lowest BCUT2D eigenvalue weighted by molar-refractivity contribution is 0.102. The predicted octanol–water partition coefficient (Wildman–Crippen LogP) is 4.12. The molecule has 110 valence electrons. The van der Waals surface area contributed by atoms with Crippen LogP contribution in [0, 0.1) is 6.92 Å². The van der Waals surface area contributed by atoms with Crippen LogP contribution in [0.15, 0.2) is 36.5 Å². The number of benzene rings is 1. The molecule has 1 aromatic heterocycles. The molecule has 0 aliphatic heterocycles. The lowest BCUT2D eigenvalue weighted by atomic mass is 10.2. The third kappa shape index (κ3) is 4.20. The highest BCUT2D eigenvalue weighted by Gasteiger charge is 2.12. The van der Waals surface area contributed by atoms with Crippen LogP contribution in [0.1, 0.15) is 29.4 Å². The second-order valence-corrected chi connectivity index (χ2v) is 5.20. The highest BCUT2D eigenvalue weighted by Crippen LogP contribution is 2.19. The van der Waals surface area contributed by atoms with Gasteiger partial charge in [-0.2, -0.15) is 0 Å². The normalized spacial score (nSPS) is 10.2. The van der Waals surface area contributed by atoms with Crippen LogP contribution < -0.4 is 10.6 Å². The molecule has 1 heterocycles. The van der Waals surface area contributed by atoms with Crippen molar-refractivity contribution in [3.63, 3.8) is 0 Å². The summed E-state index contributed by atoms with van der Waals surface area (Å²) in [7, 11) is 0. The van der Waals surface area contributed by atoms with E-state index in [1.807, 2.05) is 13.0 Å². The van der Waals surface area contributed by atoms with Crippen molar-refractivity contribution in [2.24, 2.45) is 0 Å². The number of carbonyl (C=O) groups excluding carboxylic acids is 1. The molecule has 0 aliphatic rings. The Morgan fingerprint density at radius 3 is 2.67 bits per heavy atom. The maximum Gasteiger partial charge on any atom is 0.259 e. The fraction of sp³-hybridized carbons (Fsp3) is 0.250. The number of nitrogens with one attached hydrogen (secondary N) is 2. The van der Waals surface area contributed by atoms with Crippen LogP contribution in [0.4, 0.5) is 11.4 Å². The van der Waals surface area contributed by atoms with Crippen molar-refractivity contribution < 1.29 is 4.79 Å². The topological polar surface area (TPSA) is 54.0 Å². The molecule has 0 aliphatic carbocycles. The molecule has 0 radical (unpaired) electrons. The zero-order valence-corrected chi connectivity index (χ0v) is 12.9. The Morgan fingerprint density at radius 2 is 2.00 bits per heavy atom. The molecule has 4 nitrogen and oxygen atoms in total. The summed E-state index contributed by atoms with van der Waals surface area (Å²) in [5.74, 6) is -0.191. The molecule has 0 saturated heterocycles. The van der Waals surface area contributed by atoms with E-state index >= 15 is 0 Å². The van der Waals surface area contributed by atoms with E-state index in [-0.39, 0.29) is 5.91 Å². The molecule has 0 spiro atoms. The molecule has 0 fully saturated rings. The van der Waals surface area contributed by atoms with E-state index in [4.69, 9.17) is 11.6 Å². The molecule has 0 atom stereocenters. The molecule has 5 heteroatoms. The molecule has 0 saturated carbocycles. The van der Waals surface area contributed by atoms with Crippen molar-refractivity contribution >= 4 is 28.9 Å². The Labute approximate surface area is 129 Å². The quantitative estimate of drug-likeness (QED) is 0.873. The van der Waals surface area contributed by atoms with Crippen LogP contribution in [-0.4, -0.2) is 17.4 Å². The van der Waals surface area contributed by atoms with Crippen LogP contribution in [0.3, 0.4) is 0 Å². The first kappa shape index (κ1) is 15.3. The average Bonchev–Trinajstić information content (AvgIpc) is 2.47. The minimum absolute atomic E-state index is 0.191. The van der Waals surface area contributed by atoms with Crippen molar-refractivity contribution in [1.29, 1.82) is 0 Å². The summed E-state index contributed by atoms with van der Waals surface area (Å²) in [6, 6.07) is 8.88. The van der Waals surface area contributed by atoms with Crippen LogP contribution >= 0.6 is 11.6 Å². The number of aromatic nitrogens is 1. The van der Waals surface area contributed by atoms with Gasteiger partial charge in [-0.25, -0.2) is 0 Å². The molecular formula is C16H18ClN3O. The SMILES string of the molecule is CCCNc1cc(C)ncc1C(=O)Nc1ccc(Cl)cc1. The number of hydrogen-bond acceptors (Lipinski definition) is 3. The van der Waals surface area contributed by atoms with E-state index in [0.29, 0.717) is 16.3 Å². The molecule has 2 rings (SSSR count). The number of rotatable bonds is 5. The number of nitrogens with zero attached hydrogens (tertiary/aromatic N) is 1. The molecule has 21 heavy (non-hydrogen) atoms. The van der Waals surface area contributed by atoms with E-state index in [1.165, 1.54) is 0 Å². The highest BCUT2D eigenvalue weighted by molar-refractivity contribution is 6.30. The summed E-state index contributed by atoms with van der Waals surface area (Å²) in [5, 5.41) is 6.74. The van der Waals surface area contributed by atoms with E-state index in [1.54, 1.807) is 30.5 Å². The second kappa shape index (κ2) is 7.09. The third-order valence-electron chi connectivity index (χ3n) is 2.95. The maximum absolute atomic E-state index is 12.4. The molecular weight excluding hydrogens is 286 g/mol. The Balaban J connectivity index is 2.19. The summed E-state index contributed by atoms with van der Waals surface area (Å²) < 4.78 is 0. The van der Waals surface area contributed by atoms with Gasteiger partial charge < -0.3 is 10.6 Å². The van der Waals surface area contributed by atoms with E-state index < -0.39 is 0 Å². The standard InChI is InChI=1S/C16H18ClN3O/c1-3-8-18-15-9-11(2)19-10-14(15)16(21)20-13-6-4-12(17)5-7-13/h4-7,9-10H,3,8H2,1-2H3,(H,18,19)(H,20,21). The first-order valence-corrected chi connectivity index (χ1v) is 7.25. The van der Waals surface area contributed by atoms with Crippen LogP contribution in [-0.2, 0) is 0 Å². The molecule has 0 unspecified atom stereocenters. The Morgan fingerprint density at radius 1 is 1.29 bits per heavy atom. The lowest BCUT2D eigenvalue weighted by Crippen LogP contribution is -2.16. The van der Waals surface area contributed by atoms with Crippen LogP contribution in [0.5, 0.6) is 0 Å². The molecule has 2 N–H and O–H groups in total. The van der Waals surface area contributed by atoms with Crippen molar-refractivity contribution in [2.45, 2.75) is 20.3 Å². The summed E-state index contributed by atoms with van der Waals surface area (Å²) in [6.45, 7) is 4.79.